The fourth-order valence-corrected chi connectivity index (χ4v) is 4.62. The monoisotopic (exact) mass is 369 g/mol. The summed E-state index contributed by atoms with van der Waals surface area (Å²) in [6, 6.07) is 9.22. The molecule has 5 rings (SSSR count). The minimum atomic E-state index is -0.698. The Morgan fingerprint density at radius 3 is 2.96 bits per heavy atom. The van der Waals surface area contributed by atoms with Crippen molar-refractivity contribution in [3.63, 3.8) is 0 Å². The van der Waals surface area contributed by atoms with Crippen molar-refractivity contribution in [1.82, 2.24) is 4.98 Å². The van der Waals surface area contributed by atoms with Crippen LogP contribution < -0.4 is 10.5 Å². The lowest BCUT2D eigenvalue weighted by Crippen LogP contribution is -2.56. The predicted molar refractivity (Wildman–Crippen MR) is 96.8 cm³/mol. The van der Waals surface area contributed by atoms with E-state index in [0.29, 0.717) is 24.3 Å². The van der Waals surface area contributed by atoms with Crippen LogP contribution >= 0.6 is 0 Å². The Balaban J connectivity index is 1.70. The molecule has 1 fully saturated rings. The highest BCUT2D eigenvalue weighted by Crippen LogP contribution is 2.52. The molecule has 1 aromatic heterocycles. The number of fused-ring (bicyclic) bond motifs is 4. The minimum absolute atomic E-state index is 0.0273. The van der Waals surface area contributed by atoms with Crippen LogP contribution in [0.1, 0.15) is 18.9 Å². The summed E-state index contributed by atoms with van der Waals surface area (Å²) in [6.07, 6.45) is 2.13. The number of benzene rings is 1. The van der Waals surface area contributed by atoms with Crippen LogP contribution in [0.15, 0.2) is 41.5 Å². The van der Waals surface area contributed by atoms with Crippen molar-refractivity contribution in [2.45, 2.75) is 31.1 Å². The van der Waals surface area contributed by atoms with Crippen molar-refractivity contribution in [3.05, 3.63) is 48.0 Å². The number of amidine groups is 1. The third-order valence-corrected chi connectivity index (χ3v) is 5.79. The Morgan fingerprint density at radius 2 is 2.19 bits per heavy atom. The van der Waals surface area contributed by atoms with Crippen molar-refractivity contribution in [1.29, 1.82) is 0 Å². The van der Waals surface area contributed by atoms with Gasteiger partial charge in [-0.3, -0.25) is 0 Å². The van der Waals surface area contributed by atoms with Gasteiger partial charge in [-0.1, -0.05) is 6.07 Å². The number of halogens is 1. The molecular formula is C20H20FN3O3. The first-order valence-corrected chi connectivity index (χ1v) is 9.10. The van der Waals surface area contributed by atoms with E-state index in [1.54, 1.807) is 12.1 Å². The maximum Gasteiger partial charge on any atom is 0.283 e. The number of rotatable bonds is 1. The van der Waals surface area contributed by atoms with E-state index < -0.39 is 11.5 Å². The van der Waals surface area contributed by atoms with Gasteiger partial charge in [0, 0.05) is 23.7 Å². The van der Waals surface area contributed by atoms with E-state index in [2.05, 4.69) is 4.98 Å². The lowest BCUT2D eigenvalue weighted by Gasteiger charge is -2.48. The summed E-state index contributed by atoms with van der Waals surface area (Å²) in [5, 5.41) is 0. The van der Waals surface area contributed by atoms with Gasteiger partial charge < -0.3 is 19.9 Å². The molecule has 140 valence electrons. The van der Waals surface area contributed by atoms with Crippen LogP contribution in [0.5, 0.6) is 5.75 Å². The molecule has 6 nitrogen and oxygen atoms in total. The first-order valence-electron chi connectivity index (χ1n) is 9.10. The molecule has 0 radical (unpaired) electrons. The first kappa shape index (κ1) is 16.5. The third-order valence-electron chi connectivity index (χ3n) is 5.79. The molecule has 4 atom stereocenters. The number of hydrogen-bond donors (Lipinski definition) is 1. The second-order valence-electron chi connectivity index (χ2n) is 7.26. The number of pyridine rings is 1. The molecule has 1 aromatic carbocycles. The van der Waals surface area contributed by atoms with Gasteiger partial charge >= 0.3 is 0 Å². The SMILES string of the molecule is CC1OCCC2Oc3ccc(-c4cccnc4F)cc3C3(COC(N)=N3)C12. The van der Waals surface area contributed by atoms with Gasteiger partial charge in [-0.05, 0) is 36.8 Å². The molecule has 4 unspecified atom stereocenters. The van der Waals surface area contributed by atoms with Gasteiger partial charge in [0.25, 0.3) is 6.02 Å². The number of hydrogen-bond acceptors (Lipinski definition) is 6. The summed E-state index contributed by atoms with van der Waals surface area (Å²) in [4.78, 5) is 8.47. The number of nitrogens with zero attached hydrogens (tertiary/aromatic N) is 2. The molecule has 1 saturated heterocycles. The Hall–Kier alpha value is -2.67. The number of aromatic nitrogens is 1. The molecule has 27 heavy (non-hydrogen) atoms. The first-order chi connectivity index (χ1) is 13.1. The summed E-state index contributed by atoms with van der Waals surface area (Å²) in [5.74, 6) is 0.190. The van der Waals surface area contributed by atoms with Crippen LogP contribution in [0.25, 0.3) is 11.1 Å². The minimum Gasteiger partial charge on any atom is -0.489 e. The second kappa shape index (κ2) is 5.92. The normalized spacial score (nSPS) is 31.5. The van der Waals surface area contributed by atoms with Crippen LogP contribution in [-0.4, -0.2) is 36.4 Å². The average Bonchev–Trinajstić information content (AvgIpc) is 3.04. The van der Waals surface area contributed by atoms with Crippen molar-refractivity contribution in [2.24, 2.45) is 16.6 Å². The molecule has 3 aliphatic heterocycles. The molecule has 0 aliphatic carbocycles. The number of nitrogens with two attached hydrogens (primary N) is 1. The standard InChI is InChI=1S/C20H20FN3O3/c1-11-17-16(6-8-25-11)27-15-5-4-12(13-3-2-7-23-18(13)21)9-14(15)20(17)10-26-19(22)24-20/h2-5,7,9,11,16-17H,6,8,10H2,1H3,(H2,22,24). The second-order valence-corrected chi connectivity index (χ2v) is 7.26. The van der Waals surface area contributed by atoms with Crippen molar-refractivity contribution in [3.8, 4) is 16.9 Å². The third kappa shape index (κ3) is 2.41. The van der Waals surface area contributed by atoms with Gasteiger partial charge in [0.2, 0.25) is 5.95 Å². The van der Waals surface area contributed by atoms with E-state index >= 15 is 0 Å². The molecule has 0 bridgehead atoms. The highest BCUT2D eigenvalue weighted by Gasteiger charge is 2.57. The van der Waals surface area contributed by atoms with Crippen molar-refractivity contribution in [2.75, 3.05) is 13.2 Å². The van der Waals surface area contributed by atoms with Gasteiger partial charge in [0.05, 0.1) is 18.6 Å². The van der Waals surface area contributed by atoms with Crippen LogP contribution in [0.2, 0.25) is 0 Å². The zero-order chi connectivity index (χ0) is 18.6. The lowest BCUT2D eigenvalue weighted by atomic mass is 9.69. The summed E-state index contributed by atoms with van der Waals surface area (Å²) in [5.41, 5.74) is 7.21. The average molecular weight is 369 g/mol. The van der Waals surface area contributed by atoms with Crippen LogP contribution in [-0.2, 0) is 15.0 Å². The Bertz CT molecular complexity index is 934. The summed E-state index contributed by atoms with van der Waals surface area (Å²) in [7, 11) is 0. The smallest absolute Gasteiger partial charge is 0.283 e. The van der Waals surface area contributed by atoms with E-state index in [1.165, 1.54) is 6.20 Å². The van der Waals surface area contributed by atoms with Gasteiger partial charge in [-0.25, -0.2) is 9.98 Å². The summed E-state index contributed by atoms with van der Waals surface area (Å²) in [6.45, 7) is 3.00. The number of ether oxygens (including phenoxy) is 3. The quantitative estimate of drug-likeness (QED) is 0.782. The zero-order valence-electron chi connectivity index (χ0n) is 14.9. The fourth-order valence-electron chi connectivity index (χ4n) is 4.62. The fraction of sp³-hybridized carbons (Fsp3) is 0.400. The van der Waals surface area contributed by atoms with E-state index in [-0.39, 0.29) is 24.1 Å². The summed E-state index contributed by atoms with van der Waals surface area (Å²) >= 11 is 0. The molecule has 0 saturated carbocycles. The highest BCUT2D eigenvalue weighted by molar-refractivity contribution is 5.75. The van der Waals surface area contributed by atoms with Gasteiger partial charge in [0.1, 0.15) is 24.0 Å². The van der Waals surface area contributed by atoms with Gasteiger partial charge in [-0.2, -0.15) is 4.39 Å². The van der Waals surface area contributed by atoms with Crippen LogP contribution in [0.4, 0.5) is 4.39 Å². The van der Waals surface area contributed by atoms with Gasteiger partial charge in [0.15, 0.2) is 0 Å². The maximum atomic E-state index is 14.2. The van der Waals surface area contributed by atoms with E-state index in [1.807, 2.05) is 25.1 Å². The predicted octanol–water partition coefficient (Wildman–Crippen LogP) is 2.61. The Morgan fingerprint density at radius 1 is 1.30 bits per heavy atom. The molecule has 2 aromatic rings. The Labute approximate surface area is 156 Å². The van der Waals surface area contributed by atoms with Crippen LogP contribution in [0, 0.1) is 11.9 Å². The van der Waals surface area contributed by atoms with E-state index in [9.17, 15) is 4.39 Å². The lowest BCUT2D eigenvalue weighted by molar-refractivity contribution is -0.116. The van der Waals surface area contributed by atoms with E-state index in [0.717, 1.165) is 17.7 Å². The van der Waals surface area contributed by atoms with E-state index in [4.69, 9.17) is 24.9 Å². The topological polar surface area (TPSA) is 79.0 Å². The molecule has 2 N–H and O–H groups in total. The summed E-state index contributed by atoms with van der Waals surface area (Å²) < 4.78 is 32.0. The van der Waals surface area contributed by atoms with Crippen molar-refractivity contribution < 1.29 is 18.6 Å². The largest absolute Gasteiger partial charge is 0.489 e. The highest BCUT2D eigenvalue weighted by atomic mass is 19.1. The maximum absolute atomic E-state index is 14.2. The van der Waals surface area contributed by atoms with Crippen molar-refractivity contribution >= 4 is 6.02 Å². The Kier molecular flexibility index (Phi) is 3.62. The van der Waals surface area contributed by atoms with Gasteiger partial charge in [-0.15, -0.1) is 0 Å². The molecule has 1 spiro atoms. The molecule has 0 amide bonds. The zero-order valence-corrected chi connectivity index (χ0v) is 14.9. The number of aliphatic imine (C=N–C) groups is 1. The van der Waals surface area contributed by atoms with Crippen LogP contribution in [0.3, 0.4) is 0 Å². The molecule has 7 heteroatoms. The molecular weight excluding hydrogens is 349 g/mol. The molecule has 3 aliphatic rings. The molecule has 4 heterocycles.